The van der Waals surface area contributed by atoms with Crippen molar-refractivity contribution in [2.24, 2.45) is 0 Å². The Labute approximate surface area is 204 Å². The number of aromatic nitrogens is 2. The smallest absolute Gasteiger partial charge is 0.258 e. The second kappa shape index (κ2) is 10.3. The average molecular weight is 477 g/mol. The first-order chi connectivity index (χ1) is 16.9. The molecule has 1 aromatic carbocycles. The zero-order valence-corrected chi connectivity index (χ0v) is 20.4. The van der Waals surface area contributed by atoms with Crippen molar-refractivity contribution in [3.05, 3.63) is 57.7 Å². The predicted octanol–water partition coefficient (Wildman–Crippen LogP) is 2.13. The SMILES string of the molecule is CCN1CCCC1NC(=O)Cc1ccc(-c2ccc3c(=O)c(C(=O)NC)c(N)n(CC)c3n2)cc1. The summed E-state index contributed by atoms with van der Waals surface area (Å²) < 4.78 is 1.67. The van der Waals surface area contributed by atoms with Crippen LogP contribution in [0.25, 0.3) is 22.3 Å². The molecule has 2 aromatic heterocycles. The summed E-state index contributed by atoms with van der Waals surface area (Å²) in [6, 6.07) is 11.1. The predicted molar refractivity (Wildman–Crippen MR) is 137 cm³/mol. The number of pyridine rings is 2. The number of rotatable bonds is 7. The third-order valence-electron chi connectivity index (χ3n) is 6.63. The Morgan fingerprint density at radius 3 is 2.51 bits per heavy atom. The van der Waals surface area contributed by atoms with Crippen LogP contribution in [-0.2, 0) is 17.8 Å². The number of carbonyl (C=O) groups excluding carboxylic acids is 2. The number of likely N-dealkylation sites (tertiary alicyclic amines) is 1. The lowest BCUT2D eigenvalue weighted by molar-refractivity contribution is -0.122. The Kier molecular flexibility index (Phi) is 7.16. The number of aryl methyl sites for hydroxylation is 1. The molecular weight excluding hydrogens is 444 g/mol. The molecule has 9 nitrogen and oxygen atoms in total. The number of hydrogen-bond donors (Lipinski definition) is 3. The van der Waals surface area contributed by atoms with E-state index < -0.39 is 11.3 Å². The molecule has 1 saturated heterocycles. The van der Waals surface area contributed by atoms with E-state index in [1.807, 2.05) is 31.2 Å². The van der Waals surface area contributed by atoms with E-state index in [0.717, 1.165) is 37.1 Å². The van der Waals surface area contributed by atoms with Crippen molar-refractivity contribution in [1.29, 1.82) is 0 Å². The number of nitrogen functional groups attached to an aromatic ring is 1. The van der Waals surface area contributed by atoms with E-state index in [1.54, 1.807) is 16.7 Å². The maximum absolute atomic E-state index is 12.9. The van der Waals surface area contributed by atoms with Crippen LogP contribution in [0.3, 0.4) is 0 Å². The first kappa shape index (κ1) is 24.4. The van der Waals surface area contributed by atoms with Gasteiger partial charge in [-0.25, -0.2) is 4.98 Å². The lowest BCUT2D eigenvalue weighted by atomic mass is 10.1. The van der Waals surface area contributed by atoms with Gasteiger partial charge in [-0.1, -0.05) is 31.2 Å². The summed E-state index contributed by atoms with van der Waals surface area (Å²) in [5.41, 5.74) is 8.55. The maximum atomic E-state index is 12.9. The first-order valence-corrected chi connectivity index (χ1v) is 12.1. The Bertz CT molecular complexity index is 1320. The molecule has 0 aliphatic carbocycles. The van der Waals surface area contributed by atoms with Crippen LogP contribution in [0, 0.1) is 0 Å². The van der Waals surface area contributed by atoms with E-state index in [9.17, 15) is 14.4 Å². The van der Waals surface area contributed by atoms with Gasteiger partial charge in [-0.15, -0.1) is 0 Å². The summed E-state index contributed by atoms with van der Waals surface area (Å²) in [5.74, 6) is -0.406. The molecule has 184 valence electrons. The first-order valence-electron chi connectivity index (χ1n) is 12.1. The topological polar surface area (TPSA) is 122 Å². The summed E-state index contributed by atoms with van der Waals surface area (Å²) in [6.07, 6.45) is 2.54. The van der Waals surface area contributed by atoms with E-state index in [1.165, 1.54) is 7.05 Å². The highest BCUT2D eigenvalue weighted by Crippen LogP contribution is 2.23. The van der Waals surface area contributed by atoms with Crippen molar-refractivity contribution in [3.8, 4) is 11.3 Å². The van der Waals surface area contributed by atoms with Crippen molar-refractivity contribution in [2.45, 2.75) is 45.8 Å². The van der Waals surface area contributed by atoms with Gasteiger partial charge in [0.15, 0.2) is 0 Å². The number of nitrogens with one attached hydrogen (secondary N) is 2. The van der Waals surface area contributed by atoms with Crippen molar-refractivity contribution >= 4 is 28.7 Å². The number of amides is 2. The molecule has 1 aliphatic heterocycles. The van der Waals surface area contributed by atoms with Crippen molar-refractivity contribution < 1.29 is 9.59 Å². The lowest BCUT2D eigenvalue weighted by Gasteiger charge is -2.23. The lowest BCUT2D eigenvalue weighted by Crippen LogP contribution is -2.44. The number of anilines is 1. The summed E-state index contributed by atoms with van der Waals surface area (Å²) >= 11 is 0. The minimum atomic E-state index is -0.518. The average Bonchev–Trinajstić information content (AvgIpc) is 3.31. The van der Waals surface area contributed by atoms with E-state index in [-0.39, 0.29) is 23.5 Å². The standard InChI is InChI=1S/C26H32N6O3/c1-4-31-14-6-7-20(31)30-21(33)15-16-8-10-17(11-9-16)19-13-12-18-23(34)22(26(35)28-3)24(27)32(5-2)25(18)29-19/h8-13,20H,4-7,14-15,27H2,1-3H3,(H,28,35)(H,30,33). The zero-order valence-electron chi connectivity index (χ0n) is 20.4. The number of nitrogens with zero attached hydrogens (tertiary/aromatic N) is 3. The molecule has 0 spiro atoms. The third-order valence-corrected chi connectivity index (χ3v) is 6.63. The number of nitrogens with two attached hydrogens (primary N) is 1. The molecule has 3 heterocycles. The molecule has 0 bridgehead atoms. The Balaban J connectivity index is 1.58. The Morgan fingerprint density at radius 1 is 1.11 bits per heavy atom. The van der Waals surface area contributed by atoms with Gasteiger partial charge in [0.25, 0.3) is 5.91 Å². The molecule has 0 saturated carbocycles. The van der Waals surface area contributed by atoms with Crippen LogP contribution in [0.15, 0.2) is 41.2 Å². The van der Waals surface area contributed by atoms with Crippen molar-refractivity contribution in [3.63, 3.8) is 0 Å². The number of benzene rings is 1. The fourth-order valence-corrected chi connectivity index (χ4v) is 4.74. The second-order valence-electron chi connectivity index (χ2n) is 8.71. The molecule has 35 heavy (non-hydrogen) atoms. The van der Waals surface area contributed by atoms with Gasteiger partial charge in [0.1, 0.15) is 17.0 Å². The van der Waals surface area contributed by atoms with Crippen LogP contribution < -0.4 is 21.8 Å². The second-order valence-corrected chi connectivity index (χ2v) is 8.71. The molecule has 2 amide bonds. The molecular formula is C26H32N6O3. The number of carbonyl (C=O) groups is 2. The van der Waals surface area contributed by atoms with Crippen LogP contribution in [0.1, 0.15) is 42.6 Å². The third kappa shape index (κ3) is 4.77. The molecule has 3 aromatic rings. The van der Waals surface area contributed by atoms with Crippen LogP contribution in [0.4, 0.5) is 5.82 Å². The van der Waals surface area contributed by atoms with Gasteiger partial charge in [-0.2, -0.15) is 0 Å². The van der Waals surface area contributed by atoms with Gasteiger partial charge in [-0.05, 0) is 44.0 Å². The summed E-state index contributed by atoms with van der Waals surface area (Å²) in [7, 11) is 1.46. The van der Waals surface area contributed by atoms with E-state index in [2.05, 4.69) is 22.5 Å². The molecule has 1 atom stereocenters. The minimum absolute atomic E-state index is 0.0151. The fourth-order valence-electron chi connectivity index (χ4n) is 4.74. The number of fused-ring (bicyclic) bond motifs is 1. The molecule has 4 rings (SSSR count). The molecule has 0 radical (unpaired) electrons. The summed E-state index contributed by atoms with van der Waals surface area (Å²) in [6.45, 7) is 6.41. The Morgan fingerprint density at radius 2 is 1.86 bits per heavy atom. The van der Waals surface area contributed by atoms with Gasteiger partial charge in [0, 0.05) is 25.7 Å². The van der Waals surface area contributed by atoms with Crippen LogP contribution >= 0.6 is 0 Å². The summed E-state index contributed by atoms with van der Waals surface area (Å²) in [4.78, 5) is 44.7. The fraction of sp³-hybridized carbons (Fsp3) is 0.385. The maximum Gasteiger partial charge on any atom is 0.258 e. The van der Waals surface area contributed by atoms with Crippen molar-refractivity contribution in [2.75, 3.05) is 25.9 Å². The summed E-state index contributed by atoms with van der Waals surface area (Å²) in [5, 5.41) is 5.95. The van der Waals surface area contributed by atoms with Crippen molar-refractivity contribution in [1.82, 2.24) is 25.1 Å². The molecule has 1 unspecified atom stereocenters. The molecule has 9 heteroatoms. The minimum Gasteiger partial charge on any atom is -0.384 e. The van der Waals surface area contributed by atoms with Gasteiger partial charge in [0.2, 0.25) is 11.3 Å². The highest BCUT2D eigenvalue weighted by molar-refractivity contribution is 6.01. The number of hydrogen-bond acceptors (Lipinski definition) is 6. The molecule has 1 fully saturated rings. The normalized spacial score (nSPS) is 15.9. The van der Waals surface area contributed by atoms with Gasteiger partial charge >= 0.3 is 0 Å². The van der Waals surface area contributed by atoms with E-state index in [0.29, 0.717) is 29.7 Å². The molecule has 4 N–H and O–H groups in total. The van der Waals surface area contributed by atoms with Crippen LogP contribution in [0.2, 0.25) is 0 Å². The van der Waals surface area contributed by atoms with Gasteiger partial charge < -0.3 is 20.9 Å². The highest BCUT2D eigenvalue weighted by atomic mass is 16.2. The van der Waals surface area contributed by atoms with E-state index in [4.69, 9.17) is 10.7 Å². The van der Waals surface area contributed by atoms with Crippen LogP contribution in [0.5, 0.6) is 0 Å². The van der Waals surface area contributed by atoms with Crippen LogP contribution in [-0.4, -0.2) is 52.6 Å². The van der Waals surface area contributed by atoms with E-state index >= 15 is 0 Å². The van der Waals surface area contributed by atoms with Gasteiger partial charge in [0.05, 0.1) is 23.7 Å². The van der Waals surface area contributed by atoms with Gasteiger partial charge in [-0.3, -0.25) is 19.3 Å². The highest BCUT2D eigenvalue weighted by Gasteiger charge is 2.24. The monoisotopic (exact) mass is 476 g/mol. The zero-order chi connectivity index (χ0) is 25.1. The largest absolute Gasteiger partial charge is 0.384 e. The molecule has 1 aliphatic rings. The quantitative estimate of drug-likeness (QED) is 0.480. The Hall–Kier alpha value is -3.72.